The SMILES string of the molecule is CC(C)(C)c1cc([N+](=O)[O-])c(C(C)(C)C)c(O)c1[O]. The van der Waals surface area contributed by atoms with E-state index in [1.54, 1.807) is 41.5 Å². The van der Waals surface area contributed by atoms with Gasteiger partial charge in [0.1, 0.15) is 0 Å². The predicted octanol–water partition coefficient (Wildman–Crippen LogP) is 4.04. The first-order valence-corrected chi connectivity index (χ1v) is 6.09. The Hall–Kier alpha value is -1.78. The molecule has 19 heavy (non-hydrogen) atoms. The molecule has 5 nitrogen and oxygen atoms in total. The standard InChI is InChI=1S/C14H20NO4/c1-13(2,3)8-7-9(15(18)19)10(14(4,5)6)12(17)11(8)16/h7,17H,1-6H3. The molecule has 0 aromatic heterocycles. The Balaban J connectivity index is 3.79. The van der Waals surface area contributed by atoms with E-state index in [2.05, 4.69) is 0 Å². The van der Waals surface area contributed by atoms with Crippen LogP contribution in [0.4, 0.5) is 5.69 Å². The van der Waals surface area contributed by atoms with Crippen LogP contribution in [0, 0.1) is 10.1 Å². The molecular formula is C14H20NO4. The van der Waals surface area contributed by atoms with Gasteiger partial charge in [-0.3, -0.25) is 15.2 Å². The normalized spacial score (nSPS) is 12.5. The molecule has 0 aliphatic heterocycles. The first-order valence-electron chi connectivity index (χ1n) is 6.09. The highest BCUT2D eigenvalue weighted by molar-refractivity contribution is 5.63. The summed E-state index contributed by atoms with van der Waals surface area (Å²) in [4.78, 5) is 10.7. The van der Waals surface area contributed by atoms with E-state index in [0.717, 1.165) is 0 Å². The number of nitrogens with zero attached hydrogens (tertiary/aromatic N) is 1. The van der Waals surface area contributed by atoms with Crippen LogP contribution in [0.1, 0.15) is 52.7 Å². The van der Waals surface area contributed by atoms with Gasteiger partial charge in [0.25, 0.3) is 5.69 Å². The van der Waals surface area contributed by atoms with Crippen LogP contribution in [0.5, 0.6) is 11.5 Å². The molecule has 1 N–H and O–H groups in total. The van der Waals surface area contributed by atoms with Crippen LogP contribution >= 0.6 is 0 Å². The molecule has 0 amide bonds. The van der Waals surface area contributed by atoms with Crippen molar-refractivity contribution >= 4 is 5.69 Å². The van der Waals surface area contributed by atoms with Gasteiger partial charge in [-0.05, 0) is 10.8 Å². The number of rotatable bonds is 1. The van der Waals surface area contributed by atoms with Gasteiger partial charge in [-0.15, -0.1) is 0 Å². The molecule has 0 spiro atoms. The zero-order valence-corrected chi connectivity index (χ0v) is 12.2. The number of nitro groups is 1. The second kappa shape index (κ2) is 4.40. The number of hydrogen-bond acceptors (Lipinski definition) is 3. The fourth-order valence-electron chi connectivity index (χ4n) is 2.08. The molecule has 1 aromatic carbocycles. The molecule has 1 radical (unpaired) electrons. The maximum absolute atomic E-state index is 12.2. The second-order valence-electron chi connectivity index (χ2n) is 6.75. The molecule has 5 heteroatoms. The fraction of sp³-hybridized carbons (Fsp3) is 0.571. The number of phenolic OH excluding ortho intramolecular Hbond substituents is 1. The van der Waals surface area contributed by atoms with E-state index in [1.807, 2.05) is 0 Å². The predicted molar refractivity (Wildman–Crippen MR) is 72.3 cm³/mol. The lowest BCUT2D eigenvalue weighted by molar-refractivity contribution is -0.386. The van der Waals surface area contributed by atoms with Gasteiger partial charge >= 0.3 is 0 Å². The van der Waals surface area contributed by atoms with Crippen LogP contribution < -0.4 is 0 Å². The number of benzene rings is 1. The van der Waals surface area contributed by atoms with Gasteiger partial charge < -0.3 is 5.11 Å². The Morgan fingerprint density at radius 1 is 1.11 bits per heavy atom. The van der Waals surface area contributed by atoms with Crippen molar-refractivity contribution in [2.24, 2.45) is 0 Å². The molecule has 0 atom stereocenters. The van der Waals surface area contributed by atoms with E-state index < -0.39 is 27.3 Å². The lowest BCUT2D eigenvalue weighted by Gasteiger charge is -2.25. The Morgan fingerprint density at radius 2 is 1.58 bits per heavy atom. The van der Waals surface area contributed by atoms with Crippen molar-refractivity contribution in [2.75, 3.05) is 0 Å². The molecule has 1 aromatic rings. The maximum Gasteiger partial charge on any atom is 0.277 e. The Bertz CT molecular complexity index is 522. The van der Waals surface area contributed by atoms with Crippen molar-refractivity contribution < 1.29 is 15.1 Å². The largest absolute Gasteiger partial charge is 0.504 e. The highest BCUT2D eigenvalue weighted by atomic mass is 16.6. The van der Waals surface area contributed by atoms with Gasteiger partial charge in [-0.1, -0.05) is 41.5 Å². The second-order valence-corrected chi connectivity index (χ2v) is 6.75. The molecule has 0 fully saturated rings. The summed E-state index contributed by atoms with van der Waals surface area (Å²) < 4.78 is 0. The maximum atomic E-state index is 12.2. The quantitative estimate of drug-likeness (QED) is 0.615. The molecule has 1 rings (SSSR count). The number of aromatic hydroxyl groups is 1. The third-order valence-electron chi connectivity index (χ3n) is 2.99. The molecule has 0 heterocycles. The van der Waals surface area contributed by atoms with Gasteiger partial charge in [0, 0.05) is 11.6 Å². The summed E-state index contributed by atoms with van der Waals surface area (Å²) in [5.41, 5.74) is -1.09. The summed E-state index contributed by atoms with van der Waals surface area (Å²) in [6.07, 6.45) is 0. The third-order valence-corrected chi connectivity index (χ3v) is 2.99. The summed E-state index contributed by atoms with van der Waals surface area (Å²) in [5, 5.41) is 33.5. The zero-order valence-electron chi connectivity index (χ0n) is 12.2. The van der Waals surface area contributed by atoms with Crippen LogP contribution in [0.2, 0.25) is 0 Å². The van der Waals surface area contributed by atoms with Gasteiger partial charge in [-0.25, -0.2) is 0 Å². The molecular weight excluding hydrogens is 246 g/mol. The van der Waals surface area contributed by atoms with Crippen molar-refractivity contribution in [3.8, 4) is 11.5 Å². The van der Waals surface area contributed by atoms with E-state index in [-0.39, 0.29) is 16.8 Å². The summed E-state index contributed by atoms with van der Waals surface area (Å²) >= 11 is 0. The minimum absolute atomic E-state index is 0.0931. The van der Waals surface area contributed by atoms with Crippen LogP contribution in [0.15, 0.2) is 6.07 Å². The molecule has 105 valence electrons. The first kappa shape index (κ1) is 15.3. The molecule has 0 bridgehead atoms. The van der Waals surface area contributed by atoms with E-state index in [1.165, 1.54) is 6.07 Å². The summed E-state index contributed by atoms with van der Waals surface area (Å²) in [6.45, 7) is 10.5. The fourth-order valence-corrected chi connectivity index (χ4v) is 2.08. The van der Waals surface area contributed by atoms with Gasteiger partial charge in [0.05, 0.1) is 10.5 Å². The number of nitro benzene ring substituents is 1. The van der Waals surface area contributed by atoms with Crippen LogP contribution in [-0.4, -0.2) is 10.0 Å². The zero-order chi connectivity index (χ0) is 15.2. The molecule has 0 saturated heterocycles. The van der Waals surface area contributed by atoms with Crippen LogP contribution in [-0.2, 0) is 15.9 Å². The summed E-state index contributed by atoms with van der Waals surface area (Å²) in [7, 11) is 0. The Morgan fingerprint density at radius 3 is 1.89 bits per heavy atom. The van der Waals surface area contributed by atoms with E-state index in [0.29, 0.717) is 0 Å². The average molecular weight is 266 g/mol. The Kier molecular flexibility index (Phi) is 3.54. The van der Waals surface area contributed by atoms with E-state index >= 15 is 0 Å². The highest BCUT2D eigenvalue weighted by Crippen LogP contribution is 2.48. The van der Waals surface area contributed by atoms with E-state index in [9.17, 15) is 20.3 Å². The Labute approximate surface area is 113 Å². The molecule has 0 saturated carbocycles. The molecule has 0 aliphatic rings. The third kappa shape index (κ3) is 2.80. The minimum Gasteiger partial charge on any atom is -0.504 e. The van der Waals surface area contributed by atoms with Gasteiger partial charge in [0.15, 0.2) is 5.75 Å². The van der Waals surface area contributed by atoms with E-state index in [4.69, 9.17) is 0 Å². The van der Waals surface area contributed by atoms with Crippen LogP contribution in [0.3, 0.4) is 0 Å². The number of hydrogen-bond donors (Lipinski definition) is 1. The highest BCUT2D eigenvalue weighted by Gasteiger charge is 2.35. The lowest BCUT2D eigenvalue weighted by Crippen LogP contribution is -2.17. The van der Waals surface area contributed by atoms with Crippen molar-refractivity contribution in [3.63, 3.8) is 0 Å². The number of phenols is 1. The smallest absolute Gasteiger partial charge is 0.277 e. The minimum atomic E-state index is -0.679. The van der Waals surface area contributed by atoms with Crippen molar-refractivity contribution in [1.82, 2.24) is 0 Å². The average Bonchev–Trinajstić information content (AvgIpc) is 2.17. The van der Waals surface area contributed by atoms with Gasteiger partial charge in [0.2, 0.25) is 5.75 Å². The molecule has 0 unspecified atom stereocenters. The van der Waals surface area contributed by atoms with Crippen molar-refractivity contribution in [3.05, 3.63) is 27.3 Å². The lowest BCUT2D eigenvalue weighted by atomic mass is 9.79. The van der Waals surface area contributed by atoms with Crippen molar-refractivity contribution in [1.29, 1.82) is 0 Å². The molecule has 0 aliphatic carbocycles. The monoisotopic (exact) mass is 266 g/mol. The van der Waals surface area contributed by atoms with Gasteiger partial charge in [-0.2, -0.15) is 0 Å². The summed E-state index contributed by atoms with van der Waals surface area (Å²) in [5.74, 6) is -1.03. The van der Waals surface area contributed by atoms with Crippen LogP contribution in [0.25, 0.3) is 0 Å². The van der Waals surface area contributed by atoms with Crippen molar-refractivity contribution in [2.45, 2.75) is 52.4 Å². The summed E-state index contributed by atoms with van der Waals surface area (Å²) in [6, 6.07) is 1.29. The topological polar surface area (TPSA) is 83.3 Å². The first-order chi connectivity index (χ1) is 8.37.